The number of unbranched alkanes of at least 4 members (excludes halogenated alkanes) is 47. The van der Waals surface area contributed by atoms with Crippen LogP contribution in [0, 0.1) is 0 Å². The first-order valence-electron chi connectivity index (χ1n) is 28.2. The molecule has 0 bridgehead atoms. The largest absolute Gasteiger partial charge is 0.370 e. The summed E-state index contributed by atoms with van der Waals surface area (Å²) in [4.78, 5) is 32.0. The van der Waals surface area contributed by atoms with Gasteiger partial charge in [-0.05, 0) is 19.3 Å². The molecule has 0 aliphatic rings. The molecule has 0 unspecified atom stereocenters. The maximum Gasteiger partial charge on any atom is 0.217 e. The number of carbonyl (C=O) groups excluding carboxylic acids is 3. The van der Waals surface area contributed by atoms with Crippen molar-refractivity contribution in [3.63, 3.8) is 0 Å². The Balaban J connectivity index is 0. The Labute approximate surface area is 388 Å². The monoisotopic (exact) mass is 876 g/mol. The summed E-state index contributed by atoms with van der Waals surface area (Å²) in [6.45, 7) is 2.28. The van der Waals surface area contributed by atoms with Crippen molar-refractivity contribution in [2.45, 2.75) is 341 Å². The molecule has 0 rings (SSSR count). The predicted molar refractivity (Wildman–Crippen MR) is 273 cm³/mol. The van der Waals surface area contributed by atoms with E-state index < -0.39 is 0 Å². The SMILES string of the molecule is CCCCCCCCCCCCCCCCCC(N)=O.NC(=O)CCCCCCCCCCCCCCCCCCCCCCCCCCCCCCCCCCCCC(N)=O. The number of nitrogens with two attached hydrogens (primary N) is 3. The van der Waals surface area contributed by atoms with Gasteiger partial charge in [-0.3, -0.25) is 14.4 Å². The van der Waals surface area contributed by atoms with E-state index >= 15 is 0 Å². The van der Waals surface area contributed by atoms with Crippen LogP contribution in [0.4, 0.5) is 0 Å². The average Bonchev–Trinajstić information content (AvgIpc) is 3.24. The minimum absolute atomic E-state index is 0.152. The maximum atomic E-state index is 10.7. The molecular weight excluding hydrogens is 763 g/mol. The van der Waals surface area contributed by atoms with Crippen molar-refractivity contribution in [1.29, 1.82) is 0 Å². The highest BCUT2D eigenvalue weighted by molar-refractivity contribution is 5.74. The molecule has 0 heterocycles. The van der Waals surface area contributed by atoms with E-state index in [1.807, 2.05) is 0 Å². The lowest BCUT2D eigenvalue weighted by atomic mass is 10.0. The van der Waals surface area contributed by atoms with Gasteiger partial charge in [0.05, 0.1) is 0 Å². The van der Waals surface area contributed by atoms with Crippen molar-refractivity contribution in [2.75, 3.05) is 0 Å². The molecule has 0 aromatic rings. The standard InChI is InChI=1S/C38H76N2O2.C18H37NO/c39-37(41)35-33-31-29-27-25-23-21-19-17-15-13-11-9-7-5-3-1-2-4-6-8-10-12-14-16-18-20-22-24-26-28-30-32-34-36-38(40)42;1-2-3-4-5-6-7-8-9-10-11-12-13-14-15-16-17-18(19)20/h1-36H2,(H2,39,41)(H2,40,42);2-17H2,1H3,(H2,19,20). The zero-order valence-electron chi connectivity index (χ0n) is 42.2. The lowest BCUT2D eigenvalue weighted by Crippen LogP contribution is -2.09. The highest BCUT2D eigenvalue weighted by Crippen LogP contribution is 2.18. The molecule has 3 amide bonds. The average molecular weight is 877 g/mol. The van der Waals surface area contributed by atoms with Crippen LogP contribution in [0.2, 0.25) is 0 Å². The van der Waals surface area contributed by atoms with Crippen LogP contribution in [0.3, 0.4) is 0 Å². The van der Waals surface area contributed by atoms with Crippen molar-refractivity contribution in [3.8, 4) is 0 Å². The lowest BCUT2D eigenvalue weighted by molar-refractivity contribution is -0.119. The number of hydrogen-bond acceptors (Lipinski definition) is 3. The molecule has 0 aromatic heterocycles. The van der Waals surface area contributed by atoms with Gasteiger partial charge in [0.15, 0.2) is 0 Å². The van der Waals surface area contributed by atoms with Crippen molar-refractivity contribution in [1.82, 2.24) is 0 Å². The van der Waals surface area contributed by atoms with Gasteiger partial charge >= 0.3 is 0 Å². The van der Waals surface area contributed by atoms with Gasteiger partial charge in [-0.25, -0.2) is 0 Å². The third kappa shape index (κ3) is 65.0. The lowest BCUT2D eigenvalue weighted by Gasteiger charge is -2.05. The molecule has 0 aliphatic heterocycles. The van der Waals surface area contributed by atoms with Crippen molar-refractivity contribution in [2.24, 2.45) is 17.2 Å². The number of amides is 3. The fourth-order valence-electron chi connectivity index (χ4n) is 8.93. The molecule has 6 nitrogen and oxygen atoms in total. The summed E-state index contributed by atoms with van der Waals surface area (Å²) in [5, 5.41) is 0. The Morgan fingerprint density at radius 1 is 0.194 bits per heavy atom. The van der Waals surface area contributed by atoms with Crippen molar-refractivity contribution in [3.05, 3.63) is 0 Å². The molecule has 62 heavy (non-hydrogen) atoms. The van der Waals surface area contributed by atoms with E-state index in [0.717, 1.165) is 32.1 Å². The smallest absolute Gasteiger partial charge is 0.217 e. The van der Waals surface area contributed by atoms with E-state index in [2.05, 4.69) is 6.92 Å². The van der Waals surface area contributed by atoms with E-state index in [4.69, 9.17) is 17.2 Å². The van der Waals surface area contributed by atoms with Crippen LogP contribution in [-0.4, -0.2) is 17.7 Å². The Bertz CT molecular complexity index is 833. The Hall–Kier alpha value is -1.59. The molecule has 0 aromatic carbocycles. The molecular formula is C56H113N3O3. The van der Waals surface area contributed by atoms with Gasteiger partial charge in [0.25, 0.3) is 0 Å². The van der Waals surface area contributed by atoms with Gasteiger partial charge < -0.3 is 17.2 Å². The second-order valence-corrected chi connectivity index (χ2v) is 19.6. The molecule has 0 atom stereocenters. The fraction of sp³-hybridized carbons (Fsp3) is 0.946. The highest BCUT2D eigenvalue weighted by atomic mass is 16.1. The van der Waals surface area contributed by atoms with Crippen LogP contribution in [0.15, 0.2) is 0 Å². The van der Waals surface area contributed by atoms with Gasteiger partial charge in [-0.15, -0.1) is 0 Å². The summed E-state index contributed by atoms with van der Waals surface area (Å²) >= 11 is 0. The minimum Gasteiger partial charge on any atom is -0.370 e. The summed E-state index contributed by atoms with van der Waals surface area (Å²) in [5.41, 5.74) is 15.5. The number of carbonyl (C=O) groups is 3. The molecule has 0 spiro atoms. The van der Waals surface area contributed by atoms with Crippen molar-refractivity contribution >= 4 is 17.7 Å². The van der Waals surface area contributed by atoms with Gasteiger partial charge in [0.2, 0.25) is 17.7 Å². The molecule has 6 heteroatoms. The minimum atomic E-state index is -0.153. The van der Waals surface area contributed by atoms with Crippen LogP contribution in [0.25, 0.3) is 0 Å². The first-order valence-corrected chi connectivity index (χ1v) is 28.2. The zero-order chi connectivity index (χ0) is 45.5. The quantitative estimate of drug-likeness (QED) is 0.0526. The van der Waals surface area contributed by atoms with Gasteiger partial charge in [0.1, 0.15) is 0 Å². The molecule has 0 saturated heterocycles. The first kappa shape index (κ1) is 62.5. The third-order valence-electron chi connectivity index (χ3n) is 13.1. The summed E-state index contributed by atoms with van der Waals surface area (Å²) in [7, 11) is 0. The van der Waals surface area contributed by atoms with Gasteiger partial charge in [-0.2, -0.15) is 0 Å². The maximum absolute atomic E-state index is 10.7. The van der Waals surface area contributed by atoms with Gasteiger partial charge in [0, 0.05) is 19.3 Å². The second kappa shape index (κ2) is 57.4. The summed E-state index contributed by atoms with van der Waals surface area (Å²) < 4.78 is 0. The summed E-state index contributed by atoms with van der Waals surface area (Å²) in [6, 6.07) is 0. The Morgan fingerprint density at radius 2 is 0.290 bits per heavy atom. The molecule has 0 aliphatic carbocycles. The van der Waals surface area contributed by atoms with E-state index in [0.29, 0.717) is 19.3 Å². The molecule has 0 radical (unpaired) electrons. The molecule has 6 N–H and O–H groups in total. The van der Waals surface area contributed by atoms with Crippen LogP contribution < -0.4 is 17.2 Å². The van der Waals surface area contributed by atoms with Crippen LogP contribution in [0.5, 0.6) is 0 Å². The topological polar surface area (TPSA) is 129 Å². The van der Waals surface area contributed by atoms with Gasteiger partial charge in [-0.1, -0.05) is 302 Å². The van der Waals surface area contributed by atoms with E-state index in [1.165, 1.54) is 283 Å². The number of hydrogen-bond donors (Lipinski definition) is 3. The number of rotatable bonds is 53. The second-order valence-electron chi connectivity index (χ2n) is 19.6. The van der Waals surface area contributed by atoms with E-state index in [1.54, 1.807) is 0 Å². The normalized spacial score (nSPS) is 11.2. The Morgan fingerprint density at radius 3 is 0.387 bits per heavy atom. The highest BCUT2D eigenvalue weighted by Gasteiger charge is 2.00. The Kier molecular flexibility index (Phi) is 57.9. The van der Waals surface area contributed by atoms with Crippen molar-refractivity contribution < 1.29 is 14.4 Å². The molecule has 0 saturated carbocycles. The van der Waals surface area contributed by atoms with Crippen LogP contribution in [-0.2, 0) is 14.4 Å². The van der Waals surface area contributed by atoms with Crippen LogP contribution >= 0.6 is 0 Å². The van der Waals surface area contributed by atoms with Crippen LogP contribution in [0.1, 0.15) is 341 Å². The predicted octanol–water partition coefficient (Wildman–Crippen LogP) is 17.7. The fourth-order valence-corrected chi connectivity index (χ4v) is 8.93. The third-order valence-corrected chi connectivity index (χ3v) is 13.1. The molecule has 0 fully saturated rings. The molecule has 370 valence electrons. The van der Waals surface area contributed by atoms with E-state index in [9.17, 15) is 14.4 Å². The zero-order valence-corrected chi connectivity index (χ0v) is 42.2. The van der Waals surface area contributed by atoms with E-state index in [-0.39, 0.29) is 17.7 Å². The summed E-state index contributed by atoms with van der Waals surface area (Å²) in [5.74, 6) is -0.457. The first-order chi connectivity index (χ1) is 30.4. The number of primary amides is 3. The summed E-state index contributed by atoms with van der Waals surface area (Å²) in [6.07, 6.45) is 68.8.